The van der Waals surface area contributed by atoms with Crippen molar-refractivity contribution < 1.29 is 4.79 Å². The van der Waals surface area contributed by atoms with Gasteiger partial charge >= 0.3 is 6.03 Å². The molecule has 180 valence electrons. The molecule has 2 aromatic carbocycles. The molecule has 1 N–H and O–H groups in total. The van der Waals surface area contributed by atoms with Crippen LogP contribution >= 0.6 is 11.6 Å². The van der Waals surface area contributed by atoms with Crippen LogP contribution in [0.2, 0.25) is 5.02 Å². The maximum absolute atomic E-state index is 12.8. The molecule has 0 spiro atoms. The van der Waals surface area contributed by atoms with Crippen LogP contribution in [0.1, 0.15) is 23.9 Å². The number of hydrogen-bond donors (Lipinski definition) is 1. The summed E-state index contributed by atoms with van der Waals surface area (Å²) in [6.07, 6.45) is 2.81. The number of rotatable bonds is 5. The number of amides is 2. The number of urea groups is 1. The second-order valence-corrected chi connectivity index (χ2v) is 9.29. The van der Waals surface area contributed by atoms with Gasteiger partial charge in [0.1, 0.15) is 11.3 Å². The smallest absolute Gasteiger partial charge is 0.321 e. The molecule has 0 saturated carbocycles. The van der Waals surface area contributed by atoms with Gasteiger partial charge in [-0.2, -0.15) is 0 Å². The number of aryl methyl sites for hydroxylation is 2. The predicted molar refractivity (Wildman–Crippen MR) is 140 cm³/mol. The number of carbonyl (C=O) groups excluding carboxylic acids is 1. The van der Waals surface area contributed by atoms with Crippen molar-refractivity contribution in [3.05, 3.63) is 82.8 Å². The molecular formula is C27H29ClN6O. The summed E-state index contributed by atoms with van der Waals surface area (Å²) in [7, 11) is 0. The van der Waals surface area contributed by atoms with Gasteiger partial charge in [-0.05, 0) is 60.9 Å². The largest absolute Gasteiger partial charge is 0.322 e. The van der Waals surface area contributed by atoms with E-state index in [0.717, 1.165) is 47.7 Å². The molecule has 1 aliphatic heterocycles. The zero-order valence-corrected chi connectivity index (χ0v) is 20.8. The zero-order valence-electron chi connectivity index (χ0n) is 20.0. The Morgan fingerprint density at radius 2 is 1.83 bits per heavy atom. The lowest BCUT2D eigenvalue weighted by molar-refractivity contribution is 0.140. The summed E-state index contributed by atoms with van der Waals surface area (Å²) in [5, 5.41) is 3.61. The number of nitrogens with zero attached hydrogens (tertiary/aromatic N) is 5. The summed E-state index contributed by atoms with van der Waals surface area (Å²) in [5.41, 5.74) is 5.81. The highest BCUT2D eigenvalue weighted by atomic mass is 35.5. The van der Waals surface area contributed by atoms with Gasteiger partial charge in [0.2, 0.25) is 0 Å². The first kappa shape index (κ1) is 23.3. The van der Waals surface area contributed by atoms with Gasteiger partial charge < -0.3 is 10.2 Å². The third-order valence-corrected chi connectivity index (χ3v) is 6.94. The highest BCUT2D eigenvalue weighted by molar-refractivity contribution is 6.31. The molecule has 1 fully saturated rings. The van der Waals surface area contributed by atoms with E-state index < -0.39 is 0 Å². The normalized spacial score (nSPS) is 14.4. The Labute approximate surface area is 210 Å². The fraction of sp³-hybridized carbons (Fsp3) is 0.296. The molecule has 2 amide bonds. The van der Waals surface area contributed by atoms with Gasteiger partial charge in [0.15, 0.2) is 5.65 Å². The molecule has 0 aliphatic carbocycles. The molecule has 7 nitrogen and oxygen atoms in total. The van der Waals surface area contributed by atoms with Crippen LogP contribution in [0.5, 0.6) is 0 Å². The van der Waals surface area contributed by atoms with E-state index in [1.54, 1.807) is 6.07 Å². The molecule has 0 unspecified atom stereocenters. The number of fused-ring (bicyclic) bond motifs is 1. The quantitative estimate of drug-likeness (QED) is 0.414. The van der Waals surface area contributed by atoms with Crippen molar-refractivity contribution in [2.24, 2.45) is 0 Å². The number of nitrogens with one attached hydrogen (secondary N) is 1. The number of imidazole rings is 1. The van der Waals surface area contributed by atoms with Crippen LogP contribution in [0.4, 0.5) is 10.5 Å². The van der Waals surface area contributed by atoms with E-state index in [0.29, 0.717) is 30.3 Å². The first-order valence-corrected chi connectivity index (χ1v) is 12.4. The summed E-state index contributed by atoms with van der Waals surface area (Å²) in [5.74, 6) is 0.954. The van der Waals surface area contributed by atoms with Crippen molar-refractivity contribution in [1.29, 1.82) is 0 Å². The maximum atomic E-state index is 12.8. The summed E-state index contributed by atoms with van der Waals surface area (Å²) in [6.45, 7) is 7.63. The van der Waals surface area contributed by atoms with Gasteiger partial charge in [0.25, 0.3) is 0 Å². The Kier molecular flexibility index (Phi) is 6.70. The van der Waals surface area contributed by atoms with E-state index in [4.69, 9.17) is 16.6 Å². The van der Waals surface area contributed by atoms with E-state index in [-0.39, 0.29) is 6.03 Å². The summed E-state index contributed by atoms with van der Waals surface area (Å²) in [6, 6.07) is 18.0. The second kappa shape index (κ2) is 10.1. The van der Waals surface area contributed by atoms with Crippen LogP contribution in [0.25, 0.3) is 16.9 Å². The number of halogens is 1. The molecule has 0 atom stereocenters. The van der Waals surface area contributed by atoms with Crippen molar-refractivity contribution in [1.82, 2.24) is 24.3 Å². The molecule has 3 heterocycles. The number of aromatic nitrogens is 3. The number of benzene rings is 2. The van der Waals surface area contributed by atoms with E-state index in [9.17, 15) is 4.79 Å². The molecule has 0 radical (unpaired) electrons. The van der Waals surface area contributed by atoms with Crippen molar-refractivity contribution in [2.75, 3.05) is 31.5 Å². The fourth-order valence-corrected chi connectivity index (χ4v) is 4.58. The van der Waals surface area contributed by atoms with E-state index in [2.05, 4.69) is 51.0 Å². The van der Waals surface area contributed by atoms with Gasteiger partial charge in [-0.15, -0.1) is 0 Å². The topological polar surface area (TPSA) is 66.3 Å². The SMILES string of the molecule is CCc1ccc(-n2c(CN3CCN(C(=O)Nc4ccc(C)c(Cl)c4)CC3)nc3cccnc32)cc1. The molecule has 1 saturated heterocycles. The van der Waals surface area contributed by atoms with Gasteiger partial charge in [0.05, 0.1) is 6.54 Å². The molecular weight excluding hydrogens is 460 g/mol. The molecule has 5 rings (SSSR count). The van der Waals surface area contributed by atoms with Gasteiger partial charge in [0, 0.05) is 48.8 Å². The number of piperazine rings is 1. The molecule has 35 heavy (non-hydrogen) atoms. The van der Waals surface area contributed by atoms with Gasteiger partial charge in [-0.25, -0.2) is 14.8 Å². The van der Waals surface area contributed by atoms with Crippen molar-refractivity contribution in [2.45, 2.75) is 26.8 Å². The molecule has 2 aromatic heterocycles. The lowest BCUT2D eigenvalue weighted by Gasteiger charge is -2.34. The van der Waals surface area contributed by atoms with Crippen molar-refractivity contribution in [3.63, 3.8) is 0 Å². The number of carbonyl (C=O) groups is 1. The lowest BCUT2D eigenvalue weighted by Crippen LogP contribution is -2.49. The summed E-state index contributed by atoms with van der Waals surface area (Å²) < 4.78 is 2.15. The van der Waals surface area contributed by atoms with Crippen LogP contribution in [0.3, 0.4) is 0 Å². The third kappa shape index (κ3) is 5.01. The Balaban J connectivity index is 1.28. The summed E-state index contributed by atoms with van der Waals surface area (Å²) >= 11 is 6.20. The predicted octanol–water partition coefficient (Wildman–Crippen LogP) is 5.29. The first-order valence-electron chi connectivity index (χ1n) is 12.0. The van der Waals surface area contributed by atoms with Gasteiger partial charge in [-0.1, -0.05) is 36.7 Å². The maximum Gasteiger partial charge on any atom is 0.321 e. The highest BCUT2D eigenvalue weighted by Gasteiger charge is 2.23. The van der Waals surface area contributed by atoms with Crippen LogP contribution in [0, 0.1) is 6.92 Å². The molecule has 8 heteroatoms. The Hall–Kier alpha value is -3.42. The van der Waals surface area contributed by atoms with E-state index in [1.165, 1.54) is 5.56 Å². The minimum absolute atomic E-state index is 0.1000. The van der Waals surface area contributed by atoms with Crippen LogP contribution in [-0.2, 0) is 13.0 Å². The summed E-state index contributed by atoms with van der Waals surface area (Å²) in [4.78, 5) is 26.5. The molecule has 4 aromatic rings. The van der Waals surface area contributed by atoms with E-state index in [1.807, 2.05) is 42.3 Å². The Bertz CT molecular complexity index is 1340. The Morgan fingerprint density at radius 1 is 1.06 bits per heavy atom. The van der Waals surface area contributed by atoms with Crippen LogP contribution in [0.15, 0.2) is 60.8 Å². The Morgan fingerprint density at radius 3 is 2.54 bits per heavy atom. The van der Waals surface area contributed by atoms with E-state index >= 15 is 0 Å². The molecule has 1 aliphatic rings. The fourth-order valence-electron chi connectivity index (χ4n) is 4.40. The number of pyridine rings is 1. The lowest BCUT2D eigenvalue weighted by atomic mass is 10.1. The standard InChI is InChI=1S/C27H29ClN6O/c1-3-20-7-10-22(11-8-20)34-25(31-24-5-4-12-29-26(24)34)18-32-13-15-33(16-14-32)27(35)30-21-9-6-19(2)23(28)17-21/h4-12,17H,3,13-16,18H2,1-2H3,(H,30,35). The third-order valence-electron chi connectivity index (χ3n) is 6.54. The minimum Gasteiger partial charge on any atom is -0.322 e. The average molecular weight is 489 g/mol. The van der Waals surface area contributed by atoms with Crippen LogP contribution < -0.4 is 5.32 Å². The van der Waals surface area contributed by atoms with Crippen LogP contribution in [-0.4, -0.2) is 56.5 Å². The molecule has 0 bridgehead atoms. The monoisotopic (exact) mass is 488 g/mol. The first-order chi connectivity index (χ1) is 17.0. The number of hydrogen-bond acceptors (Lipinski definition) is 4. The average Bonchev–Trinajstić information content (AvgIpc) is 3.24. The van der Waals surface area contributed by atoms with Gasteiger partial charge in [-0.3, -0.25) is 9.47 Å². The van der Waals surface area contributed by atoms with Crippen molar-refractivity contribution >= 4 is 34.5 Å². The zero-order chi connectivity index (χ0) is 24.4. The highest BCUT2D eigenvalue weighted by Crippen LogP contribution is 2.23. The number of anilines is 1. The van der Waals surface area contributed by atoms with Crippen molar-refractivity contribution in [3.8, 4) is 5.69 Å². The second-order valence-electron chi connectivity index (χ2n) is 8.89. The minimum atomic E-state index is -0.1000.